The Morgan fingerprint density at radius 1 is 1.16 bits per heavy atom. The summed E-state index contributed by atoms with van der Waals surface area (Å²) in [6.45, 7) is 2.16. The van der Waals surface area contributed by atoms with Crippen LogP contribution in [0.5, 0.6) is 0 Å². The van der Waals surface area contributed by atoms with E-state index >= 15 is 0 Å². The van der Waals surface area contributed by atoms with E-state index in [-0.39, 0.29) is 24.0 Å². The third kappa shape index (κ3) is 4.10. The minimum absolute atomic E-state index is 0.0157. The Labute approximate surface area is 145 Å². The summed E-state index contributed by atoms with van der Waals surface area (Å²) in [4.78, 5) is 22.7. The number of benzene rings is 2. The molecule has 0 amide bonds. The number of carbonyl (C=O) groups excluding carboxylic acids is 1. The Hall–Kier alpha value is -2.57. The maximum Gasteiger partial charge on any atom is 0.269 e. The summed E-state index contributed by atoms with van der Waals surface area (Å²) >= 11 is 0. The highest BCUT2D eigenvalue weighted by molar-refractivity contribution is 5.85. The smallest absolute Gasteiger partial charge is 0.269 e. The van der Waals surface area contributed by atoms with Gasteiger partial charge in [0.1, 0.15) is 6.10 Å². The first-order valence-electron chi connectivity index (χ1n) is 8.12. The van der Waals surface area contributed by atoms with Crippen molar-refractivity contribution in [1.29, 1.82) is 0 Å². The summed E-state index contributed by atoms with van der Waals surface area (Å²) < 4.78 is 11.7. The first-order valence-corrected chi connectivity index (χ1v) is 8.12. The average Bonchev–Trinajstić information content (AvgIpc) is 2.62. The number of non-ortho nitro benzene ring substituents is 1. The van der Waals surface area contributed by atoms with Crippen LogP contribution in [-0.2, 0) is 20.9 Å². The van der Waals surface area contributed by atoms with Crippen LogP contribution in [0.4, 0.5) is 5.69 Å². The molecule has 1 heterocycles. The summed E-state index contributed by atoms with van der Waals surface area (Å²) in [6.07, 6.45) is -1.19. The van der Waals surface area contributed by atoms with E-state index in [9.17, 15) is 14.9 Å². The van der Waals surface area contributed by atoms with E-state index in [1.165, 1.54) is 12.1 Å². The molecule has 1 aliphatic rings. The van der Waals surface area contributed by atoms with E-state index in [1.54, 1.807) is 12.1 Å². The predicted molar refractivity (Wildman–Crippen MR) is 91.0 cm³/mol. The van der Waals surface area contributed by atoms with Crippen molar-refractivity contribution >= 4 is 11.5 Å². The maximum absolute atomic E-state index is 12.5. The molecule has 25 heavy (non-hydrogen) atoms. The van der Waals surface area contributed by atoms with Crippen LogP contribution in [0.25, 0.3) is 0 Å². The zero-order valence-corrected chi connectivity index (χ0v) is 13.8. The van der Waals surface area contributed by atoms with E-state index in [0.29, 0.717) is 6.61 Å². The predicted octanol–water partition coefficient (Wildman–Crippen LogP) is 3.60. The van der Waals surface area contributed by atoms with E-state index < -0.39 is 17.1 Å². The van der Waals surface area contributed by atoms with Gasteiger partial charge in [-0.25, -0.2) is 0 Å². The van der Waals surface area contributed by atoms with E-state index in [4.69, 9.17) is 9.47 Å². The molecule has 1 fully saturated rings. The van der Waals surface area contributed by atoms with Gasteiger partial charge < -0.3 is 9.47 Å². The lowest BCUT2D eigenvalue weighted by molar-refractivity contribution is -0.384. The minimum Gasteiger partial charge on any atom is -0.367 e. The third-order valence-electron chi connectivity index (χ3n) is 4.26. The van der Waals surface area contributed by atoms with Crippen molar-refractivity contribution in [3.05, 3.63) is 75.8 Å². The highest BCUT2D eigenvalue weighted by atomic mass is 16.6. The number of ketones is 1. The van der Waals surface area contributed by atoms with E-state index in [1.807, 2.05) is 37.3 Å². The molecule has 130 valence electrons. The second-order valence-electron chi connectivity index (χ2n) is 6.07. The fraction of sp³-hybridized carbons (Fsp3) is 0.316. The topological polar surface area (TPSA) is 78.7 Å². The van der Waals surface area contributed by atoms with Crippen molar-refractivity contribution < 1.29 is 19.2 Å². The number of ether oxygens (including phenoxy) is 2. The number of Topliss-reactive ketones (excluding diaryl/α,β-unsaturated/α-hetero) is 1. The molecule has 0 aromatic heterocycles. The molecule has 2 aromatic rings. The lowest BCUT2D eigenvalue weighted by Gasteiger charge is -2.33. The van der Waals surface area contributed by atoms with Crippen LogP contribution in [-0.4, -0.2) is 22.9 Å². The first kappa shape index (κ1) is 17.3. The van der Waals surface area contributed by atoms with Gasteiger partial charge in [0.2, 0.25) is 0 Å². The molecule has 6 heteroatoms. The van der Waals surface area contributed by atoms with Crippen molar-refractivity contribution in [3.63, 3.8) is 0 Å². The summed E-state index contributed by atoms with van der Waals surface area (Å²) in [7, 11) is 0. The SMILES string of the molecule is C[C@@H]1O[C@@H](c2ccc([N+](=O)[O-])cc2)CC(=O)[C@H]1OCc1ccccc1. The van der Waals surface area contributed by atoms with Crippen LogP contribution in [0.3, 0.4) is 0 Å². The standard InChI is InChI=1S/C19H19NO5/c1-13-19(24-12-14-5-3-2-4-6-14)17(21)11-18(25-13)15-7-9-16(10-8-15)20(22)23/h2-10,13,18-19H,11-12H2,1H3/t13-,18+,19-/m0/s1. The van der Waals surface area contributed by atoms with Crippen molar-refractivity contribution in [1.82, 2.24) is 0 Å². The fourth-order valence-corrected chi connectivity index (χ4v) is 2.94. The van der Waals surface area contributed by atoms with Crippen molar-refractivity contribution in [2.45, 2.75) is 38.3 Å². The van der Waals surface area contributed by atoms with Gasteiger partial charge in [0.15, 0.2) is 5.78 Å². The van der Waals surface area contributed by atoms with Crippen LogP contribution in [0.15, 0.2) is 54.6 Å². The average molecular weight is 341 g/mol. The molecule has 2 aromatic carbocycles. The molecule has 3 atom stereocenters. The van der Waals surface area contributed by atoms with Gasteiger partial charge >= 0.3 is 0 Å². The number of nitro benzene ring substituents is 1. The number of nitrogens with zero attached hydrogens (tertiary/aromatic N) is 1. The van der Waals surface area contributed by atoms with Gasteiger partial charge in [-0.3, -0.25) is 14.9 Å². The van der Waals surface area contributed by atoms with Crippen LogP contribution in [0.1, 0.15) is 30.6 Å². The number of rotatable bonds is 5. The molecule has 0 aliphatic carbocycles. The summed E-state index contributed by atoms with van der Waals surface area (Å²) in [5.74, 6) is -0.0157. The fourth-order valence-electron chi connectivity index (χ4n) is 2.94. The third-order valence-corrected chi connectivity index (χ3v) is 4.26. The van der Waals surface area contributed by atoms with Crippen LogP contribution in [0, 0.1) is 10.1 Å². The van der Waals surface area contributed by atoms with Crippen LogP contribution in [0.2, 0.25) is 0 Å². The number of carbonyl (C=O) groups is 1. The highest BCUT2D eigenvalue weighted by Gasteiger charge is 2.36. The van der Waals surface area contributed by atoms with E-state index in [0.717, 1.165) is 11.1 Å². The Morgan fingerprint density at radius 2 is 1.84 bits per heavy atom. The Morgan fingerprint density at radius 3 is 2.44 bits per heavy atom. The molecule has 0 spiro atoms. The molecule has 0 bridgehead atoms. The summed E-state index contributed by atoms with van der Waals surface area (Å²) in [6, 6.07) is 15.8. The molecular weight excluding hydrogens is 322 g/mol. The zero-order chi connectivity index (χ0) is 17.8. The van der Waals surface area contributed by atoms with Crippen LogP contribution >= 0.6 is 0 Å². The summed E-state index contributed by atoms with van der Waals surface area (Å²) in [5, 5.41) is 10.7. The number of nitro groups is 1. The molecule has 0 saturated carbocycles. The lowest BCUT2D eigenvalue weighted by Crippen LogP contribution is -2.42. The molecule has 0 radical (unpaired) electrons. The molecule has 3 rings (SSSR count). The van der Waals surface area contributed by atoms with Gasteiger partial charge in [0.25, 0.3) is 5.69 Å². The number of hydrogen-bond acceptors (Lipinski definition) is 5. The van der Waals surface area contributed by atoms with Gasteiger partial charge in [0, 0.05) is 18.6 Å². The summed E-state index contributed by atoms with van der Waals surface area (Å²) in [5.41, 5.74) is 1.77. The second kappa shape index (κ2) is 7.55. The molecule has 1 aliphatic heterocycles. The Balaban J connectivity index is 1.63. The normalized spacial score (nSPS) is 23.4. The molecule has 1 saturated heterocycles. The molecule has 0 N–H and O–H groups in total. The van der Waals surface area contributed by atoms with Gasteiger partial charge in [-0.1, -0.05) is 30.3 Å². The van der Waals surface area contributed by atoms with Crippen molar-refractivity contribution in [3.8, 4) is 0 Å². The maximum atomic E-state index is 12.5. The monoisotopic (exact) mass is 341 g/mol. The molecule has 6 nitrogen and oxygen atoms in total. The van der Waals surface area contributed by atoms with Crippen LogP contribution < -0.4 is 0 Å². The zero-order valence-electron chi connectivity index (χ0n) is 13.8. The highest BCUT2D eigenvalue weighted by Crippen LogP contribution is 2.31. The Bertz CT molecular complexity index is 744. The quantitative estimate of drug-likeness (QED) is 0.613. The lowest BCUT2D eigenvalue weighted by atomic mass is 9.95. The van der Waals surface area contributed by atoms with Crippen molar-refractivity contribution in [2.24, 2.45) is 0 Å². The van der Waals surface area contributed by atoms with Gasteiger partial charge in [-0.15, -0.1) is 0 Å². The molecule has 0 unspecified atom stereocenters. The van der Waals surface area contributed by atoms with Crippen molar-refractivity contribution in [2.75, 3.05) is 0 Å². The first-order chi connectivity index (χ1) is 12.0. The second-order valence-corrected chi connectivity index (χ2v) is 6.07. The van der Waals surface area contributed by atoms with E-state index in [2.05, 4.69) is 0 Å². The van der Waals surface area contributed by atoms with Gasteiger partial charge in [0.05, 0.1) is 23.7 Å². The number of hydrogen-bond donors (Lipinski definition) is 0. The minimum atomic E-state index is -0.602. The molecular formula is C19H19NO5. The Kier molecular flexibility index (Phi) is 5.21. The van der Waals surface area contributed by atoms with Gasteiger partial charge in [-0.05, 0) is 30.2 Å². The largest absolute Gasteiger partial charge is 0.367 e. The van der Waals surface area contributed by atoms with Gasteiger partial charge in [-0.2, -0.15) is 0 Å².